The number of pyridine rings is 1. The van der Waals surface area contributed by atoms with Crippen molar-refractivity contribution in [2.45, 2.75) is 32.9 Å². The van der Waals surface area contributed by atoms with Crippen LogP contribution in [0.2, 0.25) is 0 Å². The van der Waals surface area contributed by atoms with E-state index in [0.717, 1.165) is 0 Å². The smallest absolute Gasteiger partial charge is 0.250 e. The van der Waals surface area contributed by atoms with E-state index < -0.39 is 0 Å². The molecule has 0 saturated heterocycles. The third-order valence-electron chi connectivity index (χ3n) is 2.09. The number of aromatic nitrogens is 1. The van der Waals surface area contributed by atoms with Gasteiger partial charge in [0, 0.05) is 24.6 Å². The highest BCUT2D eigenvalue weighted by molar-refractivity contribution is 5.33. The molecule has 0 aromatic carbocycles. The number of rotatable bonds is 4. The summed E-state index contributed by atoms with van der Waals surface area (Å²) in [4.78, 5) is 11.5. The first-order valence-electron chi connectivity index (χ1n) is 5.04. The van der Waals surface area contributed by atoms with E-state index in [0.29, 0.717) is 18.8 Å². The molecular formula is C11H18N2O2. The van der Waals surface area contributed by atoms with Gasteiger partial charge in [0.15, 0.2) is 0 Å². The van der Waals surface area contributed by atoms with Gasteiger partial charge in [-0.25, -0.2) is 0 Å². The Morgan fingerprint density at radius 3 is 2.73 bits per heavy atom. The molecule has 0 aliphatic rings. The third-order valence-corrected chi connectivity index (χ3v) is 2.09. The summed E-state index contributed by atoms with van der Waals surface area (Å²) in [6, 6.07) is 3.07. The summed E-state index contributed by atoms with van der Waals surface area (Å²) in [5, 5.41) is 0. The largest absolute Gasteiger partial charge is 0.398 e. The molecule has 0 saturated carbocycles. The Morgan fingerprint density at radius 2 is 2.13 bits per heavy atom. The minimum absolute atomic E-state index is 0.0584. The molecule has 1 aromatic heterocycles. The van der Waals surface area contributed by atoms with Crippen molar-refractivity contribution in [1.82, 2.24) is 4.57 Å². The summed E-state index contributed by atoms with van der Waals surface area (Å²) in [5.74, 6) is 0. The first-order valence-corrected chi connectivity index (χ1v) is 5.04. The van der Waals surface area contributed by atoms with Crippen LogP contribution in [0.3, 0.4) is 0 Å². The van der Waals surface area contributed by atoms with Gasteiger partial charge < -0.3 is 15.0 Å². The molecular weight excluding hydrogens is 192 g/mol. The highest BCUT2D eigenvalue weighted by Gasteiger charge is 2.18. The quantitative estimate of drug-likeness (QED) is 0.813. The molecule has 1 heterocycles. The molecule has 0 unspecified atom stereocenters. The number of nitrogen functional groups attached to an aromatic ring is 1. The van der Waals surface area contributed by atoms with Gasteiger partial charge in [-0.3, -0.25) is 4.79 Å². The van der Waals surface area contributed by atoms with Crippen molar-refractivity contribution < 1.29 is 4.74 Å². The summed E-state index contributed by atoms with van der Waals surface area (Å²) in [6.07, 6.45) is 1.64. The highest BCUT2D eigenvalue weighted by Crippen LogP contribution is 2.11. The Hall–Kier alpha value is -1.29. The third kappa shape index (κ3) is 3.40. The zero-order valence-electron chi connectivity index (χ0n) is 9.49. The fourth-order valence-corrected chi connectivity index (χ4v) is 1.52. The van der Waals surface area contributed by atoms with Crippen LogP contribution in [-0.4, -0.2) is 16.8 Å². The van der Waals surface area contributed by atoms with Crippen LogP contribution in [0.5, 0.6) is 0 Å². The number of ether oxygens (including phenoxy) is 1. The Balaban J connectivity index is 2.89. The van der Waals surface area contributed by atoms with E-state index in [9.17, 15) is 4.79 Å². The van der Waals surface area contributed by atoms with E-state index in [-0.39, 0.29) is 11.2 Å². The van der Waals surface area contributed by atoms with Gasteiger partial charge in [-0.1, -0.05) is 0 Å². The van der Waals surface area contributed by atoms with E-state index in [1.165, 1.54) is 6.07 Å². The first kappa shape index (κ1) is 11.8. The van der Waals surface area contributed by atoms with Crippen molar-refractivity contribution in [3.63, 3.8) is 0 Å². The molecule has 0 fully saturated rings. The van der Waals surface area contributed by atoms with E-state index >= 15 is 0 Å². The van der Waals surface area contributed by atoms with Gasteiger partial charge >= 0.3 is 0 Å². The van der Waals surface area contributed by atoms with E-state index in [1.54, 1.807) is 16.8 Å². The molecule has 4 nitrogen and oxygen atoms in total. The molecule has 4 heteroatoms. The van der Waals surface area contributed by atoms with Crippen molar-refractivity contribution in [3.05, 3.63) is 28.7 Å². The van der Waals surface area contributed by atoms with Gasteiger partial charge in [0.05, 0.1) is 12.1 Å². The van der Waals surface area contributed by atoms with Crippen molar-refractivity contribution in [1.29, 1.82) is 0 Å². The molecule has 0 radical (unpaired) electrons. The maximum Gasteiger partial charge on any atom is 0.250 e. The summed E-state index contributed by atoms with van der Waals surface area (Å²) < 4.78 is 7.10. The Morgan fingerprint density at radius 1 is 1.47 bits per heavy atom. The highest BCUT2D eigenvalue weighted by atomic mass is 16.5. The monoisotopic (exact) mass is 210 g/mol. The summed E-state index contributed by atoms with van der Waals surface area (Å²) >= 11 is 0. The second kappa shape index (κ2) is 4.49. The zero-order valence-corrected chi connectivity index (χ0v) is 9.49. The second-order valence-corrected chi connectivity index (χ2v) is 4.12. The van der Waals surface area contributed by atoms with Crippen LogP contribution >= 0.6 is 0 Å². The fourth-order valence-electron chi connectivity index (χ4n) is 1.52. The molecule has 0 atom stereocenters. The minimum atomic E-state index is -0.355. The first-order chi connectivity index (χ1) is 6.94. The summed E-state index contributed by atoms with van der Waals surface area (Å²) in [6.45, 7) is 6.97. The Kier molecular flexibility index (Phi) is 3.52. The minimum Gasteiger partial charge on any atom is -0.398 e. The van der Waals surface area contributed by atoms with Crippen LogP contribution in [0.1, 0.15) is 20.8 Å². The summed E-state index contributed by atoms with van der Waals surface area (Å²) in [7, 11) is 0. The molecule has 1 rings (SSSR count). The lowest BCUT2D eigenvalue weighted by Crippen LogP contribution is -2.35. The van der Waals surface area contributed by atoms with Crippen LogP contribution in [-0.2, 0) is 11.3 Å². The van der Waals surface area contributed by atoms with Gasteiger partial charge in [0.2, 0.25) is 0 Å². The van der Waals surface area contributed by atoms with Crippen molar-refractivity contribution in [3.8, 4) is 0 Å². The number of hydrogen-bond acceptors (Lipinski definition) is 3. The van der Waals surface area contributed by atoms with Gasteiger partial charge in [0.25, 0.3) is 5.56 Å². The Bertz CT molecular complexity index is 382. The molecule has 0 spiro atoms. The van der Waals surface area contributed by atoms with Crippen molar-refractivity contribution in [2.75, 3.05) is 12.3 Å². The lowest BCUT2D eigenvalue weighted by molar-refractivity contribution is -0.0230. The Labute approximate surface area is 89.7 Å². The number of hydrogen-bond donors (Lipinski definition) is 1. The van der Waals surface area contributed by atoms with Gasteiger partial charge in [-0.05, 0) is 26.8 Å². The van der Waals surface area contributed by atoms with E-state index in [4.69, 9.17) is 10.5 Å². The average molecular weight is 210 g/mol. The molecule has 15 heavy (non-hydrogen) atoms. The molecule has 0 bridgehead atoms. The normalized spacial score (nSPS) is 11.7. The van der Waals surface area contributed by atoms with E-state index in [2.05, 4.69) is 0 Å². The van der Waals surface area contributed by atoms with Crippen LogP contribution in [0, 0.1) is 0 Å². The maximum atomic E-state index is 11.5. The molecule has 0 aliphatic carbocycles. The number of anilines is 1. The average Bonchev–Trinajstić information content (AvgIpc) is 2.10. The SMILES string of the molecule is CCOC(C)(C)Cn1cc(N)ccc1=O. The van der Waals surface area contributed by atoms with Crippen molar-refractivity contribution in [2.24, 2.45) is 0 Å². The van der Waals surface area contributed by atoms with Crippen LogP contribution in [0.4, 0.5) is 5.69 Å². The number of nitrogens with zero attached hydrogens (tertiary/aromatic N) is 1. The fraction of sp³-hybridized carbons (Fsp3) is 0.545. The van der Waals surface area contributed by atoms with Gasteiger partial charge in [-0.15, -0.1) is 0 Å². The molecule has 0 amide bonds. The topological polar surface area (TPSA) is 57.2 Å². The van der Waals surface area contributed by atoms with Crippen LogP contribution in [0.25, 0.3) is 0 Å². The standard InChI is InChI=1S/C11H18N2O2/c1-4-15-11(2,3)8-13-7-9(12)5-6-10(13)14/h5-7H,4,8,12H2,1-3H3. The lowest BCUT2D eigenvalue weighted by atomic mass is 10.1. The van der Waals surface area contributed by atoms with E-state index in [1.807, 2.05) is 20.8 Å². The second-order valence-electron chi connectivity index (χ2n) is 4.12. The predicted octanol–water partition coefficient (Wildman–Crippen LogP) is 1.25. The summed E-state index contributed by atoms with van der Waals surface area (Å²) in [5.41, 5.74) is 5.79. The predicted molar refractivity (Wildman–Crippen MR) is 60.8 cm³/mol. The van der Waals surface area contributed by atoms with Crippen LogP contribution < -0.4 is 11.3 Å². The lowest BCUT2D eigenvalue weighted by Gasteiger charge is -2.25. The molecule has 1 aromatic rings. The maximum absolute atomic E-state index is 11.5. The van der Waals surface area contributed by atoms with Crippen LogP contribution in [0.15, 0.2) is 23.1 Å². The number of nitrogens with two attached hydrogens (primary N) is 1. The van der Waals surface area contributed by atoms with Gasteiger partial charge in [0.1, 0.15) is 0 Å². The zero-order chi connectivity index (χ0) is 11.5. The van der Waals surface area contributed by atoms with Crippen molar-refractivity contribution >= 4 is 5.69 Å². The van der Waals surface area contributed by atoms with Gasteiger partial charge in [-0.2, -0.15) is 0 Å². The molecule has 2 N–H and O–H groups in total. The molecule has 0 aliphatic heterocycles. The molecule has 84 valence electrons.